The highest BCUT2D eigenvalue weighted by Crippen LogP contribution is 2.25. The molecule has 1 N–H and O–H groups in total. The van der Waals surface area contributed by atoms with Crippen LogP contribution in [0.4, 0.5) is 5.69 Å². The van der Waals surface area contributed by atoms with Gasteiger partial charge < -0.3 is 10.1 Å². The van der Waals surface area contributed by atoms with E-state index in [4.69, 9.17) is 4.74 Å². The Morgan fingerprint density at radius 3 is 2.54 bits per heavy atom. The molecule has 0 spiro atoms. The first-order valence-electron chi connectivity index (χ1n) is 8.28. The summed E-state index contributed by atoms with van der Waals surface area (Å²) in [5.74, 6) is 0.862. The summed E-state index contributed by atoms with van der Waals surface area (Å²) in [6, 6.07) is 26.3. The fraction of sp³-hybridized carbons (Fsp3) is 0. The van der Waals surface area contributed by atoms with Crippen LogP contribution in [0.15, 0.2) is 91.1 Å². The second kappa shape index (κ2) is 7.07. The van der Waals surface area contributed by atoms with Crippen molar-refractivity contribution in [2.24, 2.45) is 0 Å². The van der Waals surface area contributed by atoms with Gasteiger partial charge in [-0.2, -0.15) is 0 Å². The van der Waals surface area contributed by atoms with Crippen LogP contribution in [0.1, 0.15) is 10.4 Å². The van der Waals surface area contributed by atoms with E-state index >= 15 is 0 Å². The fourth-order valence-electron chi connectivity index (χ4n) is 2.76. The highest BCUT2D eigenvalue weighted by molar-refractivity contribution is 6.09. The summed E-state index contributed by atoms with van der Waals surface area (Å²) in [6.45, 7) is 0. The number of aromatic nitrogens is 1. The van der Waals surface area contributed by atoms with Crippen molar-refractivity contribution < 1.29 is 9.53 Å². The number of amides is 1. The molecule has 0 aliphatic carbocycles. The first kappa shape index (κ1) is 15.8. The molecular weight excluding hydrogens is 324 g/mol. The number of pyridine rings is 1. The van der Waals surface area contributed by atoms with Crippen LogP contribution in [0.3, 0.4) is 0 Å². The molecule has 0 radical (unpaired) electrons. The van der Waals surface area contributed by atoms with Crippen LogP contribution >= 0.6 is 0 Å². The monoisotopic (exact) mass is 340 g/mol. The van der Waals surface area contributed by atoms with E-state index in [0.29, 0.717) is 17.2 Å². The molecule has 4 rings (SSSR count). The van der Waals surface area contributed by atoms with E-state index in [1.165, 1.54) is 0 Å². The van der Waals surface area contributed by atoms with Crippen molar-refractivity contribution in [2.45, 2.75) is 0 Å². The van der Waals surface area contributed by atoms with Crippen molar-refractivity contribution in [1.82, 2.24) is 4.98 Å². The average Bonchev–Trinajstić information content (AvgIpc) is 2.69. The number of ether oxygens (including phenoxy) is 1. The lowest BCUT2D eigenvalue weighted by Gasteiger charge is -2.10. The normalized spacial score (nSPS) is 10.5. The molecule has 126 valence electrons. The van der Waals surface area contributed by atoms with E-state index in [2.05, 4.69) is 10.3 Å². The number of hydrogen-bond donors (Lipinski definition) is 1. The van der Waals surface area contributed by atoms with Crippen LogP contribution in [0, 0.1) is 0 Å². The molecule has 0 bridgehead atoms. The smallest absolute Gasteiger partial charge is 0.255 e. The van der Waals surface area contributed by atoms with Gasteiger partial charge in [0.25, 0.3) is 5.91 Å². The minimum absolute atomic E-state index is 0.187. The summed E-state index contributed by atoms with van der Waals surface area (Å²) in [4.78, 5) is 16.8. The number of nitrogens with one attached hydrogen (secondary N) is 1. The summed E-state index contributed by atoms with van der Waals surface area (Å²) in [6.07, 6.45) is 1.66. The number of benzene rings is 3. The number of anilines is 1. The number of rotatable bonds is 4. The lowest BCUT2D eigenvalue weighted by atomic mass is 10.1. The summed E-state index contributed by atoms with van der Waals surface area (Å²) in [7, 11) is 0. The van der Waals surface area contributed by atoms with Crippen molar-refractivity contribution in [3.63, 3.8) is 0 Å². The summed E-state index contributed by atoms with van der Waals surface area (Å²) in [5.41, 5.74) is 1.30. The Kier molecular flexibility index (Phi) is 4.31. The van der Waals surface area contributed by atoms with Crippen LogP contribution in [-0.2, 0) is 0 Å². The predicted octanol–water partition coefficient (Wildman–Crippen LogP) is 5.28. The first-order chi connectivity index (χ1) is 12.8. The first-order valence-corrected chi connectivity index (χ1v) is 8.28. The zero-order chi connectivity index (χ0) is 17.8. The SMILES string of the molecule is O=C(Nc1cccc2ccccc12)c1cccc(Oc2ccccn2)c1. The maximum Gasteiger partial charge on any atom is 0.255 e. The molecule has 3 aromatic carbocycles. The maximum absolute atomic E-state index is 12.7. The number of hydrogen-bond acceptors (Lipinski definition) is 3. The van der Waals surface area contributed by atoms with Gasteiger partial charge in [-0.25, -0.2) is 4.98 Å². The Labute approximate surface area is 151 Å². The molecule has 0 unspecified atom stereocenters. The van der Waals surface area contributed by atoms with Gasteiger partial charge in [-0.1, -0.05) is 48.5 Å². The molecule has 0 aliphatic rings. The largest absolute Gasteiger partial charge is 0.439 e. The highest BCUT2D eigenvalue weighted by Gasteiger charge is 2.10. The molecule has 4 heteroatoms. The van der Waals surface area contributed by atoms with Gasteiger partial charge in [0.15, 0.2) is 0 Å². The Bertz CT molecular complexity index is 1060. The number of carbonyl (C=O) groups is 1. The Balaban J connectivity index is 1.57. The zero-order valence-corrected chi connectivity index (χ0v) is 13.9. The minimum Gasteiger partial charge on any atom is -0.439 e. The van der Waals surface area contributed by atoms with E-state index in [1.807, 2.05) is 54.6 Å². The van der Waals surface area contributed by atoms with Gasteiger partial charge in [-0.15, -0.1) is 0 Å². The van der Waals surface area contributed by atoms with E-state index in [9.17, 15) is 4.79 Å². The summed E-state index contributed by atoms with van der Waals surface area (Å²) in [5, 5.41) is 5.07. The van der Waals surface area contributed by atoms with Gasteiger partial charge in [0.2, 0.25) is 5.88 Å². The number of carbonyl (C=O) groups excluding carboxylic acids is 1. The van der Waals surface area contributed by atoms with Gasteiger partial charge in [0.05, 0.1) is 0 Å². The standard InChI is InChI=1S/C22H16N2O2/c25-22(24-20-12-6-8-16-7-1-2-11-19(16)20)17-9-5-10-18(15-17)26-21-13-3-4-14-23-21/h1-15H,(H,24,25). The molecule has 4 aromatic rings. The van der Waals surface area contributed by atoms with Crippen LogP contribution in [0.25, 0.3) is 10.8 Å². The van der Waals surface area contributed by atoms with E-state index in [-0.39, 0.29) is 5.91 Å². The molecule has 0 fully saturated rings. The molecule has 0 aliphatic heterocycles. The molecule has 0 atom stereocenters. The van der Waals surface area contributed by atoms with Gasteiger partial charge in [-0.3, -0.25) is 4.79 Å². The lowest BCUT2D eigenvalue weighted by Crippen LogP contribution is -2.12. The quantitative estimate of drug-likeness (QED) is 0.550. The molecule has 1 aromatic heterocycles. The third-order valence-corrected chi connectivity index (χ3v) is 3.99. The zero-order valence-electron chi connectivity index (χ0n) is 13.9. The Hall–Kier alpha value is -3.66. The van der Waals surface area contributed by atoms with Crippen LogP contribution in [0.5, 0.6) is 11.6 Å². The minimum atomic E-state index is -0.187. The van der Waals surface area contributed by atoms with Gasteiger partial charge in [0.1, 0.15) is 5.75 Å². The summed E-state index contributed by atoms with van der Waals surface area (Å²) >= 11 is 0. The molecule has 4 nitrogen and oxygen atoms in total. The van der Waals surface area contributed by atoms with Crippen molar-refractivity contribution in [1.29, 1.82) is 0 Å². The molecule has 1 heterocycles. The topological polar surface area (TPSA) is 51.2 Å². The third-order valence-electron chi connectivity index (χ3n) is 3.99. The van der Waals surface area contributed by atoms with Crippen LogP contribution in [-0.4, -0.2) is 10.9 Å². The number of nitrogens with zero attached hydrogens (tertiary/aromatic N) is 1. The highest BCUT2D eigenvalue weighted by atomic mass is 16.5. The van der Waals surface area contributed by atoms with Gasteiger partial charge in [0, 0.05) is 28.9 Å². The second-order valence-corrected chi connectivity index (χ2v) is 5.78. The molecule has 0 saturated carbocycles. The Morgan fingerprint density at radius 1 is 0.846 bits per heavy atom. The Morgan fingerprint density at radius 2 is 1.65 bits per heavy atom. The molecule has 0 saturated heterocycles. The van der Waals surface area contributed by atoms with Crippen LogP contribution in [0.2, 0.25) is 0 Å². The van der Waals surface area contributed by atoms with E-state index in [1.54, 1.807) is 36.5 Å². The average molecular weight is 340 g/mol. The van der Waals surface area contributed by atoms with Crippen molar-refractivity contribution in [3.05, 3.63) is 96.7 Å². The summed E-state index contributed by atoms with van der Waals surface area (Å²) < 4.78 is 5.70. The number of fused-ring (bicyclic) bond motifs is 1. The second-order valence-electron chi connectivity index (χ2n) is 5.78. The van der Waals surface area contributed by atoms with E-state index in [0.717, 1.165) is 16.5 Å². The van der Waals surface area contributed by atoms with Gasteiger partial charge in [-0.05, 0) is 35.7 Å². The van der Waals surface area contributed by atoms with Crippen molar-refractivity contribution in [2.75, 3.05) is 5.32 Å². The fourth-order valence-corrected chi connectivity index (χ4v) is 2.76. The maximum atomic E-state index is 12.7. The third kappa shape index (κ3) is 3.39. The molecule has 26 heavy (non-hydrogen) atoms. The van der Waals surface area contributed by atoms with Gasteiger partial charge >= 0.3 is 0 Å². The van der Waals surface area contributed by atoms with Crippen molar-refractivity contribution in [3.8, 4) is 11.6 Å². The molecular formula is C22H16N2O2. The lowest BCUT2D eigenvalue weighted by molar-refractivity contribution is 0.102. The molecule has 1 amide bonds. The predicted molar refractivity (Wildman–Crippen MR) is 103 cm³/mol. The van der Waals surface area contributed by atoms with Crippen LogP contribution < -0.4 is 10.1 Å². The van der Waals surface area contributed by atoms with E-state index < -0.39 is 0 Å². The van der Waals surface area contributed by atoms with Crippen molar-refractivity contribution >= 4 is 22.4 Å².